The minimum Gasteiger partial charge on any atom is -0.396 e. The van der Waals surface area contributed by atoms with E-state index in [2.05, 4.69) is 5.16 Å². The highest BCUT2D eigenvalue weighted by Gasteiger charge is 2.32. The fraction of sp³-hybridized carbons (Fsp3) is 0.714. The summed E-state index contributed by atoms with van der Waals surface area (Å²) in [5.74, 6) is 0.644. The van der Waals surface area contributed by atoms with Crippen LogP contribution in [0.5, 0.6) is 0 Å². The van der Waals surface area contributed by atoms with E-state index in [0.29, 0.717) is 17.7 Å². The predicted molar refractivity (Wildman–Crippen MR) is 71.0 cm³/mol. The second kappa shape index (κ2) is 6.19. The zero-order valence-corrected chi connectivity index (χ0v) is 11.7. The van der Waals surface area contributed by atoms with Crippen LogP contribution < -0.4 is 0 Å². The average Bonchev–Trinajstić information content (AvgIpc) is 3.01. The molecule has 1 aromatic heterocycles. The van der Waals surface area contributed by atoms with E-state index in [9.17, 15) is 4.79 Å². The predicted octanol–water partition coefficient (Wildman–Crippen LogP) is 1.92. The number of nitrogens with zero attached hydrogens (tertiary/aromatic N) is 2. The molecule has 1 amide bonds. The molecule has 0 aromatic carbocycles. The lowest BCUT2D eigenvalue weighted by Crippen LogP contribution is -2.36. The Morgan fingerprint density at radius 2 is 2.37 bits per heavy atom. The summed E-state index contributed by atoms with van der Waals surface area (Å²) in [7, 11) is 0. The molecule has 1 atom stereocenters. The van der Waals surface area contributed by atoms with Crippen LogP contribution >= 0.6 is 0 Å². The van der Waals surface area contributed by atoms with E-state index in [1.807, 2.05) is 11.8 Å². The lowest BCUT2D eigenvalue weighted by Gasteiger charge is -2.24. The van der Waals surface area contributed by atoms with Gasteiger partial charge in [0, 0.05) is 19.2 Å². The van der Waals surface area contributed by atoms with Crippen LogP contribution in [0.25, 0.3) is 0 Å². The van der Waals surface area contributed by atoms with Crippen molar-refractivity contribution in [3.8, 4) is 0 Å². The average molecular weight is 266 g/mol. The van der Waals surface area contributed by atoms with E-state index < -0.39 is 0 Å². The summed E-state index contributed by atoms with van der Waals surface area (Å²) in [6.07, 6.45) is 4.38. The molecule has 0 saturated carbocycles. The Morgan fingerprint density at radius 1 is 1.58 bits per heavy atom. The van der Waals surface area contributed by atoms with Gasteiger partial charge in [-0.1, -0.05) is 12.1 Å². The summed E-state index contributed by atoms with van der Waals surface area (Å²) in [6.45, 7) is 4.74. The van der Waals surface area contributed by atoms with E-state index in [-0.39, 0.29) is 18.6 Å². The molecule has 2 rings (SSSR count). The third kappa shape index (κ3) is 2.81. The molecule has 2 heterocycles. The Labute approximate surface area is 113 Å². The Kier molecular flexibility index (Phi) is 4.58. The number of aliphatic hydroxyl groups excluding tert-OH is 1. The third-order valence-electron chi connectivity index (χ3n) is 3.82. The van der Waals surface area contributed by atoms with Crippen molar-refractivity contribution in [1.29, 1.82) is 0 Å². The van der Waals surface area contributed by atoms with Gasteiger partial charge in [-0.25, -0.2) is 0 Å². The SMILES string of the molecule is CCc1noc(C)c1C(=O)N1CCCC1CCCO. The van der Waals surface area contributed by atoms with Crippen molar-refractivity contribution in [2.45, 2.75) is 52.0 Å². The molecule has 0 aliphatic carbocycles. The molecule has 1 aliphatic rings. The summed E-state index contributed by atoms with van der Waals surface area (Å²) in [5.41, 5.74) is 1.38. The number of aromatic nitrogens is 1. The summed E-state index contributed by atoms with van der Waals surface area (Å²) in [6, 6.07) is 0.249. The molecule has 1 saturated heterocycles. The smallest absolute Gasteiger partial charge is 0.259 e. The van der Waals surface area contributed by atoms with Crippen LogP contribution in [0.2, 0.25) is 0 Å². The molecule has 19 heavy (non-hydrogen) atoms. The minimum atomic E-state index is 0.0380. The number of hydrogen-bond donors (Lipinski definition) is 1. The first-order chi connectivity index (χ1) is 9.19. The normalized spacial score (nSPS) is 19.1. The zero-order valence-electron chi connectivity index (χ0n) is 11.7. The fourth-order valence-corrected chi connectivity index (χ4v) is 2.81. The van der Waals surface area contributed by atoms with Crippen molar-refractivity contribution in [3.05, 3.63) is 17.0 Å². The van der Waals surface area contributed by atoms with E-state index in [4.69, 9.17) is 9.63 Å². The highest BCUT2D eigenvalue weighted by atomic mass is 16.5. The molecule has 106 valence electrons. The fourth-order valence-electron chi connectivity index (χ4n) is 2.81. The number of aliphatic hydroxyl groups is 1. The highest BCUT2D eigenvalue weighted by molar-refractivity contribution is 5.96. The van der Waals surface area contributed by atoms with E-state index in [1.54, 1.807) is 6.92 Å². The molecule has 1 aliphatic heterocycles. The van der Waals surface area contributed by atoms with Crippen LogP contribution in [0.15, 0.2) is 4.52 Å². The first-order valence-electron chi connectivity index (χ1n) is 7.06. The van der Waals surface area contributed by atoms with Gasteiger partial charge in [-0.15, -0.1) is 0 Å². The molecular formula is C14H22N2O3. The molecule has 5 heteroatoms. The number of aryl methyl sites for hydroxylation is 2. The highest BCUT2D eigenvalue weighted by Crippen LogP contribution is 2.26. The molecule has 0 radical (unpaired) electrons. The van der Waals surface area contributed by atoms with Crippen LogP contribution in [-0.2, 0) is 6.42 Å². The molecule has 0 spiro atoms. The Morgan fingerprint density at radius 3 is 3.05 bits per heavy atom. The van der Waals surface area contributed by atoms with Crippen molar-refractivity contribution in [2.75, 3.05) is 13.2 Å². The summed E-state index contributed by atoms with van der Waals surface area (Å²) >= 11 is 0. The Bertz CT molecular complexity index is 442. The maximum Gasteiger partial charge on any atom is 0.259 e. The molecule has 5 nitrogen and oxygen atoms in total. The summed E-state index contributed by atoms with van der Waals surface area (Å²) in [5, 5.41) is 12.9. The first kappa shape index (κ1) is 14.1. The molecule has 0 bridgehead atoms. The van der Waals surface area contributed by atoms with E-state index >= 15 is 0 Å². The summed E-state index contributed by atoms with van der Waals surface area (Å²) < 4.78 is 5.15. The van der Waals surface area contributed by atoms with Crippen molar-refractivity contribution in [1.82, 2.24) is 10.1 Å². The zero-order chi connectivity index (χ0) is 13.8. The monoisotopic (exact) mass is 266 g/mol. The van der Waals surface area contributed by atoms with Crippen molar-refractivity contribution >= 4 is 5.91 Å². The largest absolute Gasteiger partial charge is 0.396 e. The lowest BCUT2D eigenvalue weighted by atomic mass is 10.1. The molecule has 1 fully saturated rings. The van der Waals surface area contributed by atoms with Crippen molar-refractivity contribution < 1.29 is 14.4 Å². The van der Waals surface area contributed by atoms with Gasteiger partial charge < -0.3 is 14.5 Å². The maximum absolute atomic E-state index is 12.6. The second-order valence-electron chi connectivity index (χ2n) is 5.07. The van der Waals surface area contributed by atoms with Crippen LogP contribution in [0.4, 0.5) is 0 Å². The van der Waals surface area contributed by atoms with Crippen LogP contribution in [0.1, 0.15) is 54.4 Å². The van der Waals surface area contributed by atoms with Gasteiger partial charge in [-0.05, 0) is 39.0 Å². The first-order valence-corrected chi connectivity index (χ1v) is 7.06. The quantitative estimate of drug-likeness (QED) is 0.884. The van der Waals surface area contributed by atoms with Gasteiger partial charge in [0.05, 0.1) is 5.69 Å². The van der Waals surface area contributed by atoms with Gasteiger partial charge in [0.2, 0.25) is 0 Å². The van der Waals surface area contributed by atoms with Gasteiger partial charge in [-0.2, -0.15) is 0 Å². The molecule has 1 N–H and O–H groups in total. The molecule has 1 unspecified atom stereocenters. The molecular weight excluding hydrogens is 244 g/mol. The number of rotatable bonds is 5. The van der Waals surface area contributed by atoms with Gasteiger partial charge in [-0.3, -0.25) is 4.79 Å². The van der Waals surface area contributed by atoms with Crippen LogP contribution in [-0.4, -0.2) is 40.3 Å². The number of hydrogen-bond acceptors (Lipinski definition) is 4. The lowest BCUT2D eigenvalue weighted by molar-refractivity contribution is 0.0721. The second-order valence-corrected chi connectivity index (χ2v) is 5.07. The third-order valence-corrected chi connectivity index (χ3v) is 3.82. The van der Waals surface area contributed by atoms with Gasteiger partial charge in [0.15, 0.2) is 0 Å². The Hall–Kier alpha value is -1.36. The number of carbonyl (C=O) groups excluding carboxylic acids is 1. The van der Waals surface area contributed by atoms with Gasteiger partial charge >= 0.3 is 0 Å². The maximum atomic E-state index is 12.6. The van der Waals surface area contributed by atoms with E-state index in [0.717, 1.165) is 37.9 Å². The topological polar surface area (TPSA) is 66.6 Å². The van der Waals surface area contributed by atoms with Crippen LogP contribution in [0, 0.1) is 6.92 Å². The van der Waals surface area contributed by atoms with Gasteiger partial charge in [0.1, 0.15) is 11.3 Å². The molecule has 1 aromatic rings. The van der Waals surface area contributed by atoms with E-state index in [1.165, 1.54) is 0 Å². The standard InChI is InChI=1S/C14H22N2O3/c1-3-12-13(10(2)19-15-12)14(18)16-8-4-6-11(16)7-5-9-17/h11,17H,3-9H2,1-2H3. The number of likely N-dealkylation sites (tertiary alicyclic amines) is 1. The minimum absolute atomic E-state index is 0.0380. The Balaban J connectivity index is 2.16. The van der Waals surface area contributed by atoms with Crippen LogP contribution in [0.3, 0.4) is 0 Å². The van der Waals surface area contributed by atoms with Gasteiger partial charge in [0.25, 0.3) is 5.91 Å². The summed E-state index contributed by atoms with van der Waals surface area (Å²) in [4.78, 5) is 14.6. The van der Waals surface area contributed by atoms with Crippen molar-refractivity contribution in [3.63, 3.8) is 0 Å². The number of amides is 1. The van der Waals surface area contributed by atoms with Crippen molar-refractivity contribution in [2.24, 2.45) is 0 Å². The number of carbonyl (C=O) groups is 1.